The van der Waals surface area contributed by atoms with Gasteiger partial charge in [0, 0.05) is 17.4 Å². The molecule has 27 heavy (non-hydrogen) atoms. The zero-order valence-corrected chi connectivity index (χ0v) is 15.8. The molecule has 3 fully saturated rings. The lowest BCUT2D eigenvalue weighted by Crippen LogP contribution is -2.46. The Morgan fingerprint density at radius 1 is 1.30 bits per heavy atom. The summed E-state index contributed by atoms with van der Waals surface area (Å²) in [5, 5.41) is 9.50. The van der Waals surface area contributed by atoms with Crippen molar-refractivity contribution in [3.05, 3.63) is 12.2 Å². The number of carboxylic acids is 1. The summed E-state index contributed by atoms with van der Waals surface area (Å²) in [5.41, 5.74) is -0.934. The first-order valence-electron chi connectivity index (χ1n) is 8.98. The molecule has 3 rings (SSSR count). The molecule has 2 bridgehead atoms. The quantitative estimate of drug-likeness (QED) is 0.417. The largest absolute Gasteiger partial charge is 0.481 e. The summed E-state index contributed by atoms with van der Waals surface area (Å²) >= 11 is 0. The van der Waals surface area contributed by atoms with Crippen LogP contribution in [0, 0.1) is 29.6 Å². The van der Waals surface area contributed by atoms with Crippen molar-refractivity contribution < 1.29 is 38.5 Å². The normalized spacial score (nSPS) is 34.7. The summed E-state index contributed by atoms with van der Waals surface area (Å²) in [4.78, 5) is 48.1. The Hall–Kier alpha value is -2.38. The van der Waals surface area contributed by atoms with Crippen molar-refractivity contribution in [2.45, 2.75) is 51.9 Å². The highest BCUT2D eigenvalue weighted by atomic mass is 16.6. The minimum atomic E-state index is -1.15. The van der Waals surface area contributed by atoms with Gasteiger partial charge >= 0.3 is 23.9 Å². The van der Waals surface area contributed by atoms with Gasteiger partial charge in [-0.25, -0.2) is 4.79 Å². The minimum absolute atomic E-state index is 0.213. The third-order valence-corrected chi connectivity index (χ3v) is 6.18. The van der Waals surface area contributed by atoms with Gasteiger partial charge in [-0.3, -0.25) is 14.4 Å². The number of hydrogen-bond acceptors (Lipinski definition) is 7. The van der Waals surface area contributed by atoms with Gasteiger partial charge in [0.25, 0.3) is 0 Å². The highest BCUT2D eigenvalue weighted by molar-refractivity contribution is 5.88. The van der Waals surface area contributed by atoms with Gasteiger partial charge in [-0.05, 0) is 34.1 Å². The predicted octanol–water partition coefficient (Wildman–Crippen LogP) is 1.32. The van der Waals surface area contributed by atoms with Crippen LogP contribution < -0.4 is 0 Å². The first-order valence-corrected chi connectivity index (χ1v) is 8.98. The van der Waals surface area contributed by atoms with Crippen molar-refractivity contribution >= 4 is 23.9 Å². The molecule has 1 heterocycles. The van der Waals surface area contributed by atoms with Gasteiger partial charge in [-0.2, -0.15) is 0 Å². The molecule has 0 aromatic carbocycles. The number of aliphatic carboxylic acids is 1. The summed E-state index contributed by atoms with van der Waals surface area (Å²) in [6.45, 7) is 9.77. The average Bonchev–Trinajstić information content (AvgIpc) is 3.16. The average molecular weight is 380 g/mol. The van der Waals surface area contributed by atoms with E-state index in [1.807, 2.05) is 0 Å². The van der Waals surface area contributed by atoms with Crippen molar-refractivity contribution in [1.29, 1.82) is 0 Å². The molecule has 1 aliphatic heterocycles. The van der Waals surface area contributed by atoms with Gasteiger partial charge in [0.1, 0.15) is 17.8 Å². The summed E-state index contributed by atoms with van der Waals surface area (Å²) < 4.78 is 16.2. The van der Waals surface area contributed by atoms with E-state index in [4.69, 9.17) is 14.2 Å². The van der Waals surface area contributed by atoms with E-state index in [0.29, 0.717) is 6.42 Å². The summed E-state index contributed by atoms with van der Waals surface area (Å²) in [6, 6.07) is 0. The number of ether oxygens (including phenoxy) is 3. The van der Waals surface area contributed by atoms with E-state index in [2.05, 4.69) is 6.58 Å². The van der Waals surface area contributed by atoms with Gasteiger partial charge in [-0.15, -0.1) is 0 Å². The van der Waals surface area contributed by atoms with Gasteiger partial charge in [0.15, 0.2) is 0 Å². The van der Waals surface area contributed by atoms with Crippen LogP contribution in [0.4, 0.5) is 0 Å². The molecule has 7 unspecified atom stereocenters. The number of rotatable bonds is 6. The number of carbonyl (C=O) groups excluding carboxylic acids is 3. The fourth-order valence-electron chi connectivity index (χ4n) is 4.42. The second-order valence-electron chi connectivity index (χ2n) is 8.25. The lowest BCUT2D eigenvalue weighted by molar-refractivity contribution is -0.179. The summed E-state index contributed by atoms with van der Waals surface area (Å²) in [5.74, 6) is -5.89. The molecule has 2 saturated carbocycles. The lowest BCUT2D eigenvalue weighted by atomic mass is 9.78. The Morgan fingerprint density at radius 3 is 2.48 bits per heavy atom. The van der Waals surface area contributed by atoms with Crippen LogP contribution in [0.2, 0.25) is 0 Å². The summed E-state index contributed by atoms with van der Waals surface area (Å²) in [6.07, 6.45) is -0.903. The number of fused-ring (bicyclic) bond motifs is 1. The van der Waals surface area contributed by atoms with Crippen molar-refractivity contribution in [3.63, 3.8) is 0 Å². The molecule has 8 heteroatoms. The van der Waals surface area contributed by atoms with E-state index in [0.717, 1.165) is 0 Å². The van der Waals surface area contributed by atoms with Gasteiger partial charge in [-0.1, -0.05) is 6.58 Å². The summed E-state index contributed by atoms with van der Waals surface area (Å²) in [7, 11) is 0. The first-order chi connectivity index (χ1) is 12.5. The van der Waals surface area contributed by atoms with Crippen molar-refractivity contribution in [2.24, 2.45) is 29.6 Å². The van der Waals surface area contributed by atoms with Crippen LogP contribution in [-0.4, -0.2) is 46.8 Å². The molecule has 148 valence electrons. The molecule has 0 radical (unpaired) electrons. The van der Waals surface area contributed by atoms with Crippen LogP contribution in [0.15, 0.2) is 12.2 Å². The van der Waals surface area contributed by atoms with E-state index in [9.17, 15) is 24.3 Å². The molecule has 0 aromatic rings. The van der Waals surface area contributed by atoms with Crippen molar-refractivity contribution in [2.75, 3.05) is 0 Å². The van der Waals surface area contributed by atoms with E-state index < -0.39 is 65.4 Å². The smallest absolute Gasteiger partial charge is 0.333 e. The van der Waals surface area contributed by atoms with E-state index in [-0.39, 0.29) is 11.5 Å². The Bertz CT molecular complexity index is 723. The van der Waals surface area contributed by atoms with Crippen LogP contribution in [0.25, 0.3) is 0 Å². The zero-order valence-electron chi connectivity index (χ0n) is 15.8. The Labute approximate surface area is 156 Å². The van der Waals surface area contributed by atoms with E-state index in [1.54, 1.807) is 20.8 Å². The van der Waals surface area contributed by atoms with E-state index >= 15 is 0 Å². The molecule has 1 N–H and O–H groups in total. The van der Waals surface area contributed by atoms with Crippen molar-refractivity contribution in [3.8, 4) is 0 Å². The monoisotopic (exact) mass is 380 g/mol. The molecule has 8 nitrogen and oxygen atoms in total. The number of hydrogen-bond donors (Lipinski definition) is 1. The first kappa shape index (κ1) is 19.4. The van der Waals surface area contributed by atoms with Gasteiger partial charge < -0.3 is 19.3 Å². The van der Waals surface area contributed by atoms with Gasteiger partial charge in [0.2, 0.25) is 0 Å². The molecule has 3 aliphatic rings. The Kier molecular flexibility index (Phi) is 4.56. The predicted molar refractivity (Wildman–Crippen MR) is 90.1 cm³/mol. The minimum Gasteiger partial charge on any atom is -0.481 e. The molecule has 0 aromatic heterocycles. The lowest BCUT2D eigenvalue weighted by Gasteiger charge is -2.34. The Morgan fingerprint density at radius 2 is 1.93 bits per heavy atom. The maximum atomic E-state index is 12.7. The molecule has 1 saturated heterocycles. The van der Waals surface area contributed by atoms with Crippen LogP contribution in [0.3, 0.4) is 0 Å². The second kappa shape index (κ2) is 6.35. The molecular weight excluding hydrogens is 356 g/mol. The standard InChI is InChI=1S/C19H24O8/c1-7(2)16(22)27-19(4,5)8(3)17(23)25-13-9-6-10-12(11(9)15(20)21)18(24)26-14(10)13/h8-14H,1,6H2,2-5H3,(H,20,21). The molecule has 0 amide bonds. The number of esters is 3. The van der Waals surface area contributed by atoms with Crippen LogP contribution in [-0.2, 0) is 33.4 Å². The van der Waals surface area contributed by atoms with Crippen LogP contribution in [0.5, 0.6) is 0 Å². The fourth-order valence-corrected chi connectivity index (χ4v) is 4.42. The fraction of sp³-hybridized carbons (Fsp3) is 0.684. The zero-order chi connectivity index (χ0) is 20.3. The van der Waals surface area contributed by atoms with Crippen molar-refractivity contribution in [1.82, 2.24) is 0 Å². The third-order valence-electron chi connectivity index (χ3n) is 6.18. The highest BCUT2D eigenvalue weighted by Crippen LogP contribution is 2.58. The molecular formula is C19H24O8. The molecule has 0 spiro atoms. The topological polar surface area (TPSA) is 116 Å². The third kappa shape index (κ3) is 3.00. The highest BCUT2D eigenvalue weighted by Gasteiger charge is 2.70. The molecule has 7 atom stereocenters. The van der Waals surface area contributed by atoms with Crippen LogP contribution in [0.1, 0.15) is 34.1 Å². The number of carboxylic acid groups (broad SMARTS) is 1. The second-order valence-corrected chi connectivity index (χ2v) is 8.25. The van der Waals surface area contributed by atoms with E-state index in [1.165, 1.54) is 6.92 Å². The maximum absolute atomic E-state index is 12.7. The molecule has 2 aliphatic carbocycles. The maximum Gasteiger partial charge on any atom is 0.333 e. The number of carbonyl (C=O) groups is 4. The van der Waals surface area contributed by atoms with Crippen LogP contribution >= 0.6 is 0 Å². The Balaban J connectivity index is 1.73. The SMILES string of the molecule is C=C(C)C(=O)OC(C)(C)C(C)C(=O)OC1C2CC3C1OC(=O)C3C2C(=O)O. The van der Waals surface area contributed by atoms with Gasteiger partial charge in [0.05, 0.1) is 17.8 Å².